The number of hydrogen-bond acceptors (Lipinski definition) is 7. The Morgan fingerprint density at radius 3 is 2.68 bits per heavy atom. The van der Waals surface area contributed by atoms with Crippen molar-refractivity contribution >= 4 is 28.1 Å². The molecule has 0 unspecified atom stereocenters. The van der Waals surface area contributed by atoms with E-state index in [9.17, 15) is 4.79 Å². The number of rotatable bonds is 5. The maximum Gasteiger partial charge on any atom is 0.356 e. The average Bonchev–Trinajstić information content (AvgIpc) is 3.65. The molecule has 2 fully saturated rings. The van der Waals surface area contributed by atoms with Crippen LogP contribution in [0.4, 0.5) is 5.69 Å². The van der Waals surface area contributed by atoms with Gasteiger partial charge in [-0.25, -0.2) is 4.79 Å². The molecule has 0 bridgehead atoms. The predicted octanol–water partition coefficient (Wildman–Crippen LogP) is 5.64. The van der Waals surface area contributed by atoms with Gasteiger partial charge in [-0.2, -0.15) is 0 Å². The van der Waals surface area contributed by atoms with Crippen LogP contribution in [0.15, 0.2) is 53.3 Å². The zero-order valence-electron chi connectivity index (χ0n) is 20.6. The highest BCUT2D eigenvalue weighted by molar-refractivity contribution is 5.91. The SMILES string of the molecule is Cc1cnccc1-c1noc(C2CC2)c1C1=CC2(CCN(c3ccc4cc(C(=O)O)nnc4c3)CC2)C1. The number of fused-ring (bicyclic) bond motifs is 1. The summed E-state index contributed by atoms with van der Waals surface area (Å²) < 4.78 is 5.93. The second-order valence-corrected chi connectivity index (χ2v) is 10.7. The van der Waals surface area contributed by atoms with Crippen LogP contribution in [0.3, 0.4) is 0 Å². The quantitative estimate of drug-likeness (QED) is 0.381. The second kappa shape index (κ2) is 8.23. The van der Waals surface area contributed by atoms with E-state index in [-0.39, 0.29) is 11.1 Å². The van der Waals surface area contributed by atoms with Gasteiger partial charge in [0.2, 0.25) is 0 Å². The van der Waals surface area contributed by atoms with Crippen molar-refractivity contribution < 1.29 is 14.4 Å². The molecule has 1 aromatic carbocycles. The lowest BCUT2D eigenvalue weighted by Crippen LogP contribution is -2.42. The number of aromatic nitrogens is 4. The van der Waals surface area contributed by atoms with E-state index in [1.165, 1.54) is 24.0 Å². The maximum atomic E-state index is 11.2. The van der Waals surface area contributed by atoms with Crippen LogP contribution >= 0.6 is 0 Å². The van der Waals surface area contributed by atoms with E-state index in [1.54, 1.807) is 6.07 Å². The fraction of sp³-hybridized carbons (Fsp3) is 0.345. The highest BCUT2D eigenvalue weighted by Crippen LogP contribution is 2.55. The van der Waals surface area contributed by atoms with Crippen LogP contribution in [-0.2, 0) is 0 Å². The van der Waals surface area contributed by atoms with Crippen molar-refractivity contribution in [2.45, 2.75) is 44.9 Å². The number of anilines is 1. The molecule has 1 saturated heterocycles. The fourth-order valence-corrected chi connectivity index (χ4v) is 5.90. The normalized spacial score (nSPS) is 18.6. The van der Waals surface area contributed by atoms with Gasteiger partial charge in [0.05, 0.1) is 5.52 Å². The first-order valence-electron chi connectivity index (χ1n) is 12.9. The van der Waals surface area contributed by atoms with Crippen LogP contribution in [0.2, 0.25) is 0 Å². The number of hydrogen-bond donors (Lipinski definition) is 1. The van der Waals surface area contributed by atoms with Gasteiger partial charge in [-0.1, -0.05) is 17.3 Å². The Kier molecular flexibility index (Phi) is 4.93. The Morgan fingerprint density at radius 2 is 1.95 bits per heavy atom. The van der Waals surface area contributed by atoms with Crippen molar-refractivity contribution in [3.05, 3.63) is 71.4 Å². The first-order chi connectivity index (χ1) is 18.0. The van der Waals surface area contributed by atoms with Gasteiger partial charge in [-0.15, -0.1) is 10.2 Å². The van der Waals surface area contributed by atoms with E-state index < -0.39 is 5.97 Å². The van der Waals surface area contributed by atoms with Crippen LogP contribution in [0.25, 0.3) is 27.7 Å². The van der Waals surface area contributed by atoms with E-state index in [1.807, 2.05) is 30.6 Å². The van der Waals surface area contributed by atoms with E-state index in [2.05, 4.69) is 44.3 Å². The molecule has 2 aliphatic carbocycles. The summed E-state index contributed by atoms with van der Waals surface area (Å²) in [6.07, 6.45) is 11.8. The summed E-state index contributed by atoms with van der Waals surface area (Å²) in [6.45, 7) is 4.00. The summed E-state index contributed by atoms with van der Waals surface area (Å²) >= 11 is 0. The molecule has 0 amide bonds. The molecule has 0 radical (unpaired) electrons. The van der Waals surface area contributed by atoms with Gasteiger partial charge in [0, 0.05) is 53.6 Å². The topological polar surface area (TPSA) is 105 Å². The third-order valence-electron chi connectivity index (χ3n) is 8.20. The number of nitrogens with zero attached hydrogens (tertiary/aromatic N) is 5. The lowest BCUT2D eigenvalue weighted by atomic mass is 9.63. The molecule has 0 atom stereocenters. The largest absolute Gasteiger partial charge is 0.476 e. The summed E-state index contributed by atoms with van der Waals surface area (Å²) in [7, 11) is 0. The van der Waals surface area contributed by atoms with Crippen molar-refractivity contribution in [2.75, 3.05) is 18.0 Å². The Bertz CT molecular complexity index is 1580. The van der Waals surface area contributed by atoms with E-state index in [0.717, 1.165) is 66.0 Å². The van der Waals surface area contributed by atoms with E-state index in [0.29, 0.717) is 11.4 Å². The van der Waals surface area contributed by atoms with Crippen LogP contribution in [0, 0.1) is 12.3 Å². The van der Waals surface area contributed by atoms with Crippen LogP contribution in [-0.4, -0.2) is 44.5 Å². The van der Waals surface area contributed by atoms with Gasteiger partial charge in [-0.3, -0.25) is 4.98 Å². The Hall–Kier alpha value is -4.07. The second-order valence-electron chi connectivity index (χ2n) is 10.7. The molecule has 7 rings (SSSR count). The highest BCUT2D eigenvalue weighted by Gasteiger charge is 2.43. The number of carboxylic acid groups (broad SMARTS) is 1. The molecule has 186 valence electrons. The molecule has 4 aromatic rings. The lowest BCUT2D eigenvalue weighted by Gasteiger charge is -2.47. The van der Waals surface area contributed by atoms with Gasteiger partial charge in [0.1, 0.15) is 11.5 Å². The summed E-state index contributed by atoms with van der Waals surface area (Å²) in [5.41, 5.74) is 7.78. The standard InChI is InChI=1S/C29H27N5O3/c1-17-16-30-9-6-22(17)26-25(27(37-33-26)18-2-3-18)20-14-29(15-20)7-10-34(11-8-29)21-5-4-19-12-24(28(35)36)32-31-23(19)13-21/h4-6,9,12-14,16,18H,2-3,7-8,10-11,15H2,1H3,(H,35,36). The lowest BCUT2D eigenvalue weighted by molar-refractivity contribution is 0.0689. The first kappa shape index (κ1) is 22.2. The number of benzene rings is 1. The number of piperidine rings is 1. The summed E-state index contributed by atoms with van der Waals surface area (Å²) in [5.74, 6) is 0.500. The minimum absolute atomic E-state index is 0.0346. The molecule has 4 heterocycles. The highest BCUT2D eigenvalue weighted by atomic mass is 16.5. The van der Waals surface area contributed by atoms with E-state index in [4.69, 9.17) is 9.63 Å². The number of carboxylic acids is 1. The predicted molar refractivity (Wildman–Crippen MR) is 139 cm³/mol. The van der Waals surface area contributed by atoms with Crippen molar-refractivity contribution in [3.8, 4) is 11.3 Å². The third-order valence-corrected chi connectivity index (χ3v) is 8.20. The molecule has 8 nitrogen and oxygen atoms in total. The van der Waals surface area contributed by atoms with Crippen LogP contribution < -0.4 is 4.90 Å². The molecule has 1 saturated carbocycles. The van der Waals surface area contributed by atoms with Gasteiger partial charge in [0.25, 0.3) is 0 Å². The molecule has 1 spiro atoms. The fourth-order valence-electron chi connectivity index (χ4n) is 5.90. The summed E-state index contributed by atoms with van der Waals surface area (Å²) in [5, 5.41) is 22.5. The van der Waals surface area contributed by atoms with Crippen molar-refractivity contribution in [1.82, 2.24) is 20.3 Å². The van der Waals surface area contributed by atoms with Crippen molar-refractivity contribution in [2.24, 2.45) is 5.41 Å². The molecule has 8 heteroatoms. The third kappa shape index (κ3) is 3.79. The van der Waals surface area contributed by atoms with Gasteiger partial charge in [-0.05, 0) is 79.8 Å². The Labute approximate surface area is 214 Å². The zero-order chi connectivity index (χ0) is 25.1. The molecule has 1 N–H and O–H groups in total. The number of carbonyl (C=O) groups is 1. The van der Waals surface area contributed by atoms with E-state index >= 15 is 0 Å². The van der Waals surface area contributed by atoms with Crippen molar-refractivity contribution in [3.63, 3.8) is 0 Å². The molecule has 3 aromatic heterocycles. The number of pyridine rings is 1. The molecular weight excluding hydrogens is 466 g/mol. The van der Waals surface area contributed by atoms with Gasteiger partial charge in [0.15, 0.2) is 5.69 Å². The minimum Gasteiger partial charge on any atom is -0.476 e. The van der Waals surface area contributed by atoms with Crippen molar-refractivity contribution in [1.29, 1.82) is 0 Å². The Morgan fingerprint density at radius 1 is 1.14 bits per heavy atom. The smallest absolute Gasteiger partial charge is 0.356 e. The Balaban J connectivity index is 1.12. The molecule has 3 aliphatic rings. The zero-order valence-corrected chi connectivity index (χ0v) is 20.6. The molecule has 1 aliphatic heterocycles. The summed E-state index contributed by atoms with van der Waals surface area (Å²) in [4.78, 5) is 17.8. The minimum atomic E-state index is -1.06. The number of aromatic carboxylic acids is 1. The van der Waals surface area contributed by atoms with Crippen LogP contribution in [0.5, 0.6) is 0 Å². The first-order valence-corrected chi connectivity index (χ1v) is 12.9. The van der Waals surface area contributed by atoms with Gasteiger partial charge >= 0.3 is 5.97 Å². The number of aryl methyl sites for hydroxylation is 1. The summed E-state index contributed by atoms with van der Waals surface area (Å²) in [6, 6.07) is 9.61. The monoisotopic (exact) mass is 493 g/mol. The van der Waals surface area contributed by atoms with Crippen LogP contribution in [0.1, 0.15) is 65.4 Å². The number of allylic oxidation sites excluding steroid dienone is 2. The average molecular weight is 494 g/mol. The van der Waals surface area contributed by atoms with Gasteiger partial charge < -0.3 is 14.5 Å². The maximum absolute atomic E-state index is 11.2. The molecule has 37 heavy (non-hydrogen) atoms. The molecular formula is C29H27N5O3.